The van der Waals surface area contributed by atoms with Gasteiger partial charge in [0.05, 0.1) is 18.6 Å². The lowest BCUT2D eigenvalue weighted by Gasteiger charge is -2.43. The van der Waals surface area contributed by atoms with Crippen molar-refractivity contribution in [1.82, 2.24) is 15.1 Å². The molecule has 2 amide bonds. The zero-order valence-corrected chi connectivity index (χ0v) is 21.4. The highest BCUT2D eigenvalue weighted by atomic mass is 35.5. The summed E-state index contributed by atoms with van der Waals surface area (Å²) in [5, 5.41) is 7.11. The Morgan fingerprint density at radius 3 is 2.51 bits per heavy atom. The molecule has 1 aliphatic carbocycles. The van der Waals surface area contributed by atoms with Gasteiger partial charge in [-0.3, -0.25) is 9.59 Å². The smallest absolute Gasteiger partial charge is 0.254 e. The minimum absolute atomic E-state index is 0.119. The number of benzene rings is 2. The molecule has 0 radical (unpaired) electrons. The molecule has 0 spiro atoms. The molecule has 1 saturated heterocycles. The van der Waals surface area contributed by atoms with Crippen LogP contribution in [0.15, 0.2) is 83.7 Å². The molecular weight excluding hydrogens is 488 g/mol. The molecule has 1 aromatic heterocycles. The maximum absolute atomic E-state index is 13.5. The molecule has 1 unspecified atom stereocenters. The third kappa shape index (κ3) is 5.83. The van der Waals surface area contributed by atoms with Crippen molar-refractivity contribution in [3.63, 3.8) is 0 Å². The number of hydrogen-bond donors (Lipinski definition) is 2. The van der Waals surface area contributed by atoms with Gasteiger partial charge in [0.15, 0.2) is 0 Å². The van der Waals surface area contributed by atoms with Gasteiger partial charge in [-0.1, -0.05) is 43.2 Å². The van der Waals surface area contributed by atoms with Gasteiger partial charge in [0.25, 0.3) is 5.91 Å². The first kappa shape index (κ1) is 25.0. The first-order valence-electron chi connectivity index (χ1n) is 12.7. The monoisotopic (exact) mass is 518 g/mol. The molecule has 1 saturated carbocycles. The Bertz CT molecular complexity index is 1250. The lowest BCUT2D eigenvalue weighted by molar-refractivity contribution is -0.122. The highest BCUT2D eigenvalue weighted by molar-refractivity contribution is 6.30. The van der Waals surface area contributed by atoms with E-state index in [-0.39, 0.29) is 18.4 Å². The van der Waals surface area contributed by atoms with Crippen LogP contribution in [0.25, 0.3) is 11.3 Å². The van der Waals surface area contributed by atoms with Crippen LogP contribution in [0.1, 0.15) is 36.0 Å². The van der Waals surface area contributed by atoms with Crippen molar-refractivity contribution < 1.29 is 14.0 Å². The number of furan rings is 1. The molecule has 0 bridgehead atoms. The van der Waals surface area contributed by atoms with E-state index in [0.29, 0.717) is 41.2 Å². The molecule has 7 nitrogen and oxygen atoms in total. The molecule has 2 fully saturated rings. The largest absolute Gasteiger partial charge is 0.464 e. The molecule has 1 atom stereocenters. The maximum Gasteiger partial charge on any atom is 0.254 e. The van der Waals surface area contributed by atoms with Crippen LogP contribution in [-0.4, -0.2) is 53.3 Å². The normalized spacial score (nSPS) is 18.0. The number of nitrogens with one attached hydrogen (secondary N) is 2. The molecule has 192 valence electrons. The number of amides is 2. The third-order valence-electron chi connectivity index (χ3n) is 7.07. The van der Waals surface area contributed by atoms with Crippen molar-refractivity contribution in [3.05, 3.63) is 89.9 Å². The highest BCUT2D eigenvalue weighted by Crippen LogP contribution is 2.25. The van der Waals surface area contributed by atoms with Crippen molar-refractivity contribution in [2.75, 3.05) is 25.0 Å². The average molecular weight is 519 g/mol. The standard InChI is InChI=1S/C29H31ClN4O3/c1-20(31-24-8-2-3-9-24)34-16-15-33(19-26(34)28(35)32-25-13-11-23(30)12-14-25)29(36)22-7-4-6-21(18-22)27-10-5-17-37-27/h4-7,10-14,17-18,24,26,31H,1-3,8-9,15-16,19H2,(H,32,35). The molecule has 8 heteroatoms. The van der Waals surface area contributed by atoms with Crippen molar-refractivity contribution in [2.24, 2.45) is 0 Å². The molecule has 2 aromatic carbocycles. The Hall–Kier alpha value is -3.71. The fourth-order valence-electron chi connectivity index (χ4n) is 5.09. The predicted octanol–water partition coefficient (Wildman–Crippen LogP) is 5.37. The summed E-state index contributed by atoms with van der Waals surface area (Å²) >= 11 is 6.01. The second-order valence-corrected chi connectivity index (χ2v) is 10.0. The van der Waals surface area contributed by atoms with E-state index in [0.717, 1.165) is 24.2 Å². The van der Waals surface area contributed by atoms with Crippen LogP contribution >= 0.6 is 11.6 Å². The van der Waals surface area contributed by atoms with Crippen LogP contribution in [0.4, 0.5) is 5.69 Å². The number of piperazine rings is 1. The quantitative estimate of drug-likeness (QED) is 0.440. The minimum Gasteiger partial charge on any atom is -0.464 e. The fourth-order valence-corrected chi connectivity index (χ4v) is 5.22. The van der Waals surface area contributed by atoms with Crippen LogP contribution in [-0.2, 0) is 4.79 Å². The Labute approximate surface area is 222 Å². The van der Waals surface area contributed by atoms with Gasteiger partial charge in [0.2, 0.25) is 5.91 Å². The van der Waals surface area contributed by atoms with E-state index in [2.05, 4.69) is 17.2 Å². The van der Waals surface area contributed by atoms with Gasteiger partial charge >= 0.3 is 0 Å². The van der Waals surface area contributed by atoms with Gasteiger partial charge in [-0.2, -0.15) is 0 Å². The van der Waals surface area contributed by atoms with Crippen LogP contribution in [0.5, 0.6) is 0 Å². The number of rotatable bonds is 7. The molecule has 2 N–H and O–H groups in total. The van der Waals surface area contributed by atoms with Crippen molar-refractivity contribution in [1.29, 1.82) is 0 Å². The van der Waals surface area contributed by atoms with Crippen LogP contribution < -0.4 is 10.6 Å². The lowest BCUT2D eigenvalue weighted by Crippen LogP contribution is -2.60. The summed E-state index contributed by atoms with van der Waals surface area (Å²) < 4.78 is 5.50. The molecular formula is C29H31ClN4O3. The van der Waals surface area contributed by atoms with E-state index in [1.54, 1.807) is 41.5 Å². The van der Waals surface area contributed by atoms with E-state index in [4.69, 9.17) is 16.0 Å². The van der Waals surface area contributed by atoms with E-state index in [9.17, 15) is 9.59 Å². The SMILES string of the molecule is C=C(NC1CCCC1)N1CCN(C(=O)c2cccc(-c3ccco3)c2)CC1C(=O)Nc1ccc(Cl)cc1. The van der Waals surface area contributed by atoms with Gasteiger partial charge < -0.3 is 24.9 Å². The predicted molar refractivity (Wildman–Crippen MR) is 145 cm³/mol. The number of carbonyl (C=O) groups is 2. The summed E-state index contributed by atoms with van der Waals surface area (Å²) in [6.45, 7) is 5.50. The minimum atomic E-state index is -0.594. The van der Waals surface area contributed by atoms with Crippen molar-refractivity contribution >= 4 is 29.1 Å². The zero-order valence-electron chi connectivity index (χ0n) is 20.7. The van der Waals surface area contributed by atoms with Crippen molar-refractivity contribution in [3.8, 4) is 11.3 Å². The molecule has 2 aliphatic rings. The van der Waals surface area contributed by atoms with Gasteiger partial charge in [0, 0.05) is 41.0 Å². The average Bonchev–Trinajstić information content (AvgIpc) is 3.64. The molecule has 37 heavy (non-hydrogen) atoms. The summed E-state index contributed by atoms with van der Waals surface area (Å²) in [6, 6.07) is 17.8. The summed E-state index contributed by atoms with van der Waals surface area (Å²) in [7, 11) is 0. The summed E-state index contributed by atoms with van der Waals surface area (Å²) in [5.41, 5.74) is 2.04. The van der Waals surface area contributed by atoms with E-state index in [1.807, 2.05) is 35.2 Å². The maximum atomic E-state index is 13.5. The lowest BCUT2D eigenvalue weighted by atomic mass is 10.1. The van der Waals surface area contributed by atoms with Crippen LogP contribution in [0, 0.1) is 0 Å². The van der Waals surface area contributed by atoms with E-state index < -0.39 is 6.04 Å². The highest BCUT2D eigenvalue weighted by Gasteiger charge is 2.36. The number of anilines is 1. The van der Waals surface area contributed by atoms with Gasteiger partial charge in [-0.15, -0.1) is 0 Å². The molecule has 1 aliphatic heterocycles. The van der Waals surface area contributed by atoms with Crippen molar-refractivity contribution in [2.45, 2.75) is 37.8 Å². The second kappa shape index (κ2) is 11.1. The third-order valence-corrected chi connectivity index (χ3v) is 7.32. The van der Waals surface area contributed by atoms with E-state index >= 15 is 0 Å². The molecule has 2 heterocycles. The van der Waals surface area contributed by atoms with Crippen LogP contribution in [0.2, 0.25) is 5.02 Å². The summed E-state index contributed by atoms with van der Waals surface area (Å²) in [4.78, 5) is 30.8. The first-order chi connectivity index (χ1) is 18.0. The Kier molecular flexibility index (Phi) is 7.51. The molecule has 5 rings (SSSR count). The summed E-state index contributed by atoms with van der Waals surface area (Å²) in [6.07, 6.45) is 6.21. The Balaban J connectivity index is 1.34. The fraction of sp³-hybridized carbons (Fsp3) is 0.310. The Morgan fingerprint density at radius 1 is 1.00 bits per heavy atom. The number of nitrogens with zero attached hydrogens (tertiary/aromatic N) is 2. The van der Waals surface area contributed by atoms with Gasteiger partial charge in [-0.25, -0.2) is 0 Å². The number of halogens is 1. The van der Waals surface area contributed by atoms with E-state index in [1.165, 1.54) is 12.8 Å². The topological polar surface area (TPSA) is 77.8 Å². The van der Waals surface area contributed by atoms with Gasteiger partial charge in [0.1, 0.15) is 11.8 Å². The van der Waals surface area contributed by atoms with Crippen LogP contribution in [0.3, 0.4) is 0 Å². The Morgan fingerprint density at radius 2 is 1.78 bits per heavy atom. The second-order valence-electron chi connectivity index (χ2n) is 9.59. The summed E-state index contributed by atoms with van der Waals surface area (Å²) in [5.74, 6) is 1.12. The van der Waals surface area contributed by atoms with Gasteiger partial charge in [-0.05, 0) is 61.4 Å². The zero-order chi connectivity index (χ0) is 25.8. The molecule has 3 aromatic rings. The number of hydrogen-bond acceptors (Lipinski definition) is 5. The first-order valence-corrected chi connectivity index (χ1v) is 13.1. The number of carbonyl (C=O) groups excluding carboxylic acids is 2.